The van der Waals surface area contributed by atoms with Crippen molar-refractivity contribution in [3.8, 4) is 5.75 Å². The van der Waals surface area contributed by atoms with E-state index in [1.807, 2.05) is 20.8 Å². The molecule has 0 radical (unpaired) electrons. The van der Waals surface area contributed by atoms with Crippen LogP contribution in [0.2, 0.25) is 0 Å². The van der Waals surface area contributed by atoms with E-state index in [0.717, 1.165) is 24.3 Å². The van der Waals surface area contributed by atoms with Gasteiger partial charge >= 0.3 is 0 Å². The van der Waals surface area contributed by atoms with E-state index in [-0.39, 0.29) is 6.04 Å². The van der Waals surface area contributed by atoms with E-state index >= 15 is 0 Å². The SMILES string of the molecule is CC.COc1cc(CC(C)N)c(C)cc1CCCCCCS. The molecule has 22 heavy (non-hydrogen) atoms. The Morgan fingerprint density at radius 3 is 2.27 bits per heavy atom. The van der Waals surface area contributed by atoms with Crippen LogP contribution in [0.3, 0.4) is 0 Å². The molecule has 3 heteroatoms. The Hall–Kier alpha value is -0.670. The number of hydrogen-bond acceptors (Lipinski definition) is 3. The van der Waals surface area contributed by atoms with Gasteiger partial charge in [0.2, 0.25) is 0 Å². The molecule has 0 saturated carbocycles. The van der Waals surface area contributed by atoms with Crippen molar-refractivity contribution in [2.75, 3.05) is 12.9 Å². The number of hydrogen-bond donors (Lipinski definition) is 2. The summed E-state index contributed by atoms with van der Waals surface area (Å²) < 4.78 is 5.55. The molecule has 1 aromatic carbocycles. The number of rotatable bonds is 9. The van der Waals surface area contributed by atoms with Gasteiger partial charge in [-0.1, -0.05) is 32.8 Å². The van der Waals surface area contributed by atoms with Crippen molar-refractivity contribution in [2.45, 2.75) is 72.3 Å². The molecule has 1 atom stereocenters. The third-order valence-electron chi connectivity index (χ3n) is 3.64. The van der Waals surface area contributed by atoms with Crippen LogP contribution in [0.15, 0.2) is 12.1 Å². The molecule has 1 rings (SSSR count). The van der Waals surface area contributed by atoms with Crippen LogP contribution >= 0.6 is 12.6 Å². The van der Waals surface area contributed by atoms with E-state index in [2.05, 4.69) is 31.7 Å². The zero-order valence-electron chi connectivity index (χ0n) is 15.1. The minimum atomic E-state index is 0.186. The first-order valence-corrected chi connectivity index (χ1v) is 9.24. The molecule has 0 aromatic heterocycles. The number of aryl methyl sites for hydroxylation is 2. The average molecular weight is 326 g/mol. The Labute approximate surface area is 143 Å². The molecule has 0 aliphatic rings. The summed E-state index contributed by atoms with van der Waals surface area (Å²) in [6.07, 6.45) is 6.97. The van der Waals surface area contributed by atoms with E-state index in [1.165, 1.54) is 42.4 Å². The maximum atomic E-state index is 5.90. The summed E-state index contributed by atoms with van der Waals surface area (Å²) in [5.74, 6) is 2.01. The Kier molecular flexibility index (Phi) is 12.4. The highest BCUT2D eigenvalue weighted by Gasteiger charge is 2.09. The van der Waals surface area contributed by atoms with Gasteiger partial charge in [-0.3, -0.25) is 0 Å². The second-order valence-electron chi connectivity index (χ2n) is 5.66. The van der Waals surface area contributed by atoms with E-state index in [1.54, 1.807) is 7.11 Å². The van der Waals surface area contributed by atoms with E-state index < -0.39 is 0 Å². The summed E-state index contributed by atoms with van der Waals surface area (Å²) in [4.78, 5) is 0. The lowest BCUT2D eigenvalue weighted by Gasteiger charge is -2.15. The molecule has 0 bridgehead atoms. The highest BCUT2D eigenvalue weighted by Crippen LogP contribution is 2.26. The maximum absolute atomic E-state index is 5.90. The quantitative estimate of drug-likeness (QED) is 0.497. The van der Waals surface area contributed by atoms with Crippen LogP contribution in [0.1, 0.15) is 63.1 Å². The summed E-state index contributed by atoms with van der Waals surface area (Å²) in [6, 6.07) is 4.63. The number of thiol groups is 1. The first-order valence-electron chi connectivity index (χ1n) is 8.61. The average Bonchev–Trinajstić information content (AvgIpc) is 2.51. The fourth-order valence-electron chi connectivity index (χ4n) is 2.52. The molecule has 2 nitrogen and oxygen atoms in total. The fraction of sp³-hybridized carbons (Fsp3) is 0.684. The summed E-state index contributed by atoms with van der Waals surface area (Å²) in [5, 5.41) is 0. The molecular weight excluding hydrogens is 290 g/mol. The minimum absolute atomic E-state index is 0.186. The maximum Gasteiger partial charge on any atom is 0.122 e. The van der Waals surface area contributed by atoms with Crippen LogP contribution in [-0.4, -0.2) is 18.9 Å². The number of unbranched alkanes of at least 4 members (excludes halogenated alkanes) is 3. The predicted octanol–water partition coefficient (Wildman–Crippen LogP) is 4.95. The molecule has 0 aliphatic heterocycles. The molecule has 128 valence electrons. The van der Waals surface area contributed by atoms with Gasteiger partial charge < -0.3 is 10.5 Å². The first-order chi connectivity index (χ1) is 10.6. The van der Waals surface area contributed by atoms with Crippen LogP contribution in [-0.2, 0) is 12.8 Å². The monoisotopic (exact) mass is 325 g/mol. The molecule has 0 heterocycles. The second-order valence-corrected chi connectivity index (χ2v) is 6.11. The lowest BCUT2D eigenvalue weighted by atomic mass is 9.96. The molecule has 0 saturated heterocycles. The fourth-order valence-corrected chi connectivity index (χ4v) is 2.75. The van der Waals surface area contributed by atoms with Crippen molar-refractivity contribution in [1.29, 1.82) is 0 Å². The molecular formula is C19H35NOS. The molecule has 2 N–H and O–H groups in total. The van der Waals surface area contributed by atoms with Gasteiger partial charge in [-0.15, -0.1) is 0 Å². The summed E-state index contributed by atoms with van der Waals surface area (Å²) in [6.45, 7) is 8.21. The Morgan fingerprint density at radius 2 is 1.73 bits per heavy atom. The van der Waals surface area contributed by atoms with Gasteiger partial charge in [0.05, 0.1) is 7.11 Å². The molecule has 0 fully saturated rings. The van der Waals surface area contributed by atoms with Crippen LogP contribution in [0.5, 0.6) is 5.75 Å². The minimum Gasteiger partial charge on any atom is -0.496 e. The standard InChI is InChI=1S/C17H29NOS.C2H6/c1-13-10-15(8-6-4-5-7-9-20)17(19-3)12-16(13)11-14(2)18;1-2/h10,12,14,20H,4-9,11,18H2,1-3H3;1-2H3. The number of benzene rings is 1. The van der Waals surface area contributed by atoms with Crippen molar-refractivity contribution in [3.05, 3.63) is 28.8 Å². The molecule has 1 unspecified atom stereocenters. The lowest BCUT2D eigenvalue weighted by molar-refractivity contribution is 0.408. The van der Waals surface area contributed by atoms with Crippen molar-refractivity contribution < 1.29 is 4.74 Å². The van der Waals surface area contributed by atoms with Crippen molar-refractivity contribution >= 4 is 12.6 Å². The van der Waals surface area contributed by atoms with Crippen LogP contribution in [0.4, 0.5) is 0 Å². The summed E-state index contributed by atoms with van der Waals surface area (Å²) in [7, 11) is 1.75. The third kappa shape index (κ3) is 8.09. The smallest absolute Gasteiger partial charge is 0.122 e. The van der Waals surface area contributed by atoms with E-state index in [9.17, 15) is 0 Å². The largest absolute Gasteiger partial charge is 0.496 e. The van der Waals surface area contributed by atoms with Crippen molar-refractivity contribution in [2.24, 2.45) is 5.73 Å². The molecule has 0 amide bonds. The third-order valence-corrected chi connectivity index (χ3v) is 3.95. The molecule has 1 aromatic rings. The second kappa shape index (κ2) is 12.8. The van der Waals surface area contributed by atoms with Crippen LogP contribution < -0.4 is 10.5 Å². The summed E-state index contributed by atoms with van der Waals surface area (Å²) >= 11 is 4.25. The number of nitrogens with two attached hydrogens (primary N) is 1. The van der Waals surface area contributed by atoms with E-state index in [0.29, 0.717) is 0 Å². The molecule has 0 spiro atoms. The van der Waals surface area contributed by atoms with Gasteiger partial charge in [-0.2, -0.15) is 12.6 Å². The topological polar surface area (TPSA) is 35.2 Å². The number of methoxy groups -OCH3 is 1. The zero-order valence-corrected chi connectivity index (χ0v) is 16.0. The Bertz CT molecular complexity index is 405. The summed E-state index contributed by atoms with van der Waals surface area (Å²) in [5.41, 5.74) is 9.85. The lowest BCUT2D eigenvalue weighted by Crippen LogP contribution is -2.18. The Balaban J connectivity index is 0.00000211. The van der Waals surface area contributed by atoms with Crippen molar-refractivity contribution in [3.63, 3.8) is 0 Å². The van der Waals surface area contributed by atoms with Gasteiger partial charge in [0.1, 0.15) is 5.75 Å². The first kappa shape index (κ1) is 21.3. The molecule has 0 aliphatic carbocycles. The highest BCUT2D eigenvalue weighted by atomic mass is 32.1. The van der Waals surface area contributed by atoms with Crippen molar-refractivity contribution in [1.82, 2.24) is 0 Å². The zero-order chi connectivity index (χ0) is 17.0. The van der Waals surface area contributed by atoms with Crippen LogP contribution in [0.25, 0.3) is 0 Å². The van der Waals surface area contributed by atoms with Gasteiger partial charge in [0.15, 0.2) is 0 Å². The Morgan fingerprint density at radius 1 is 1.09 bits per heavy atom. The van der Waals surface area contributed by atoms with Gasteiger partial charge in [-0.05, 0) is 68.0 Å². The van der Waals surface area contributed by atoms with Gasteiger partial charge in [0, 0.05) is 6.04 Å². The highest BCUT2D eigenvalue weighted by molar-refractivity contribution is 7.80. The number of ether oxygens (including phenoxy) is 1. The van der Waals surface area contributed by atoms with Gasteiger partial charge in [-0.25, -0.2) is 0 Å². The predicted molar refractivity (Wildman–Crippen MR) is 102 cm³/mol. The van der Waals surface area contributed by atoms with E-state index in [4.69, 9.17) is 10.5 Å². The van der Waals surface area contributed by atoms with Gasteiger partial charge in [0.25, 0.3) is 0 Å². The normalized spacial score (nSPS) is 11.6. The van der Waals surface area contributed by atoms with Crippen LogP contribution in [0, 0.1) is 6.92 Å².